The van der Waals surface area contributed by atoms with E-state index in [1.807, 2.05) is 31.2 Å². The maximum absolute atomic E-state index is 11.7. The molecule has 0 saturated carbocycles. The van der Waals surface area contributed by atoms with E-state index in [9.17, 15) is 4.79 Å². The third kappa shape index (κ3) is 4.37. The van der Waals surface area contributed by atoms with Gasteiger partial charge in [0, 0.05) is 0 Å². The van der Waals surface area contributed by atoms with E-state index in [-0.39, 0.29) is 4.46 Å². The molecule has 3 nitrogen and oxygen atoms in total. The summed E-state index contributed by atoms with van der Waals surface area (Å²) in [4.78, 5) is 18.7. The number of carbonyl (C=O) groups excluding carboxylic acids is 1. The first-order valence-electron chi connectivity index (χ1n) is 6.57. The number of hydrogen-bond donors (Lipinski definition) is 1. The Hall–Kier alpha value is -1.23. The van der Waals surface area contributed by atoms with E-state index in [0.29, 0.717) is 0 Å². The van der Waals surface area contributed by atoms with Crippen molar-refractivity contribution in [1.82, 2.24) is 0 Å². The van der Waals surface area contributed by atoms with Crippen molar-refractivity contribution < 1.29 is 14.3 Å². The van der Waals surface area contributed by atoms with Gasteiger partial charge in [-0.2, -0.15) is 0 Å². The molecule has 0 heterocycles. The molecule has 0 unspecified atom stereocenters. The summed E-state index contributed by atoms with van der Waals surface area (Å²) in [6.07, 6.45) is 0. The van der Waals surface area contributed by atoms with Crippen LogP contribution in [0.2, 0.25) is 0 Å². The maximum atomic E-state index is 11.7. The van der Waals surface area contributed by atoms with E-state index < -0.39 is 8.69 Å². The molecule has 2 rings (SSSR count). The van der Waals surface area contributed by atoms with Gasteiger partial charge in [0.15, 0.2) is 0 Å². The van der Waals surface area contributed by atoms with Gasteiger partial charge in [0.1, 0.15) is 0 Å². The van der Waals surface area contributed by atoms with Gasteiger partial charge < -0.3 is 4.89 Å². The van der Waals surface area contributed by atoms with Crippen LogP contribution in [-0.4, -0.2) is 27.1 Å². The van der Waals surface area contributed by atoms with Crippen LogP contribution in [0.25, 0.3) is 11.1 Å². The molecular weight excluding hydrogens is 278 g/mol. The molecule has 104 valence electrons. The van der Waals surface area contributed by atoms with Crippen molar-refractivity contribution in [2.75, 3.05) is 0 Å². The zero-order chi connectivity index (χ0) is 16.0. The Morgan fingerprint density at radius 1 is 1.05 bits per heavy atom. The summed E-state index contributed by atoms with van der Waals surface area (Å²) in [7, 11) is -0.833. The summed E-state index contributed by atoms with van der Waals surface area (Å²) >= 11 is 1.63. The van der Waals surface area contributed by atoms with E-state index in [2.05, 4.69) is 26.0 Å². The molecule has 5 heteroatoms. The van der Waals surface area contributed by atoms with Crippen LogP contribution in [0.15, 0.2) is 36.4 Å². The van der Waals surface area contributed by atoms with Crippen LogP contribution in [0.3, 0.4) is 0 Å². The van der Waals surface area contributed by atoms with Crippen LogP contribution in [-0.2, 0) is 4.57 Å². The Morgan fingerprint density at radius 3 is 2.05 bits per heavy atom. The molecule has 0 aliphatic carbocycles. The molecule has 0 fully saturated rings. The van der Waals surface area contributed by atoms with Gasteiger partial charge in [-0.3, -0.25) is 0 Å². The van der Waals surface area contributed by atoms with E-state index in [1.165, 1.54) is 16.7 Å². The van der Waals surface area contributed by atoms with Crippen molar-refractivity contribution in [2.24, 2.45) is 0 Å². The van der Waals surface area contributed by atoms with Crippen molar-refractivity contribution in [1.29, 1.82) is 0 Å². The first-order valence-corrected chi connectivity index (χ1v) is 7.34. The van der Waals surface area contributed by atoms with Crippen molar-refractivity contribution in [3.63, 3.8) is 0 Å². The average molecular weight is 294 g/mol. The van der Waals surface area contributed by atoms with Crippen molar-refractivity contribution >= 4 is 30.9 Å². The van der Waals surface area contributed by atoms with Crippen LogP contribution in [0, 0.1) is 20.8 Å². The second kappa shape index (κ2) is 8.27. The van der Waals surface area contributed by atoms with Crippen molar-refractivity contribution in [3.8, 4) is 11.1 Å². The van der Waals surface area contributed by atoms with Gasteiger partial charge in [0.2, 0.25) is 0 Å². The number of hydrogen-bond acceptors (Lipinski definition) is 2. The van der Waals surface area contributed by atoms with Gasteiger partial charge in [-0.15, -0.1) is 0 Å². The first kappa shape index (κ1) is 17.8. The van der Waals surface area contributed by atoms with E-state index in [0.717, 1.165) is 16.7 Å². The van der Waals surface area contributed by atoms with Crippen LogP contribution >= 0.6 is 8.69 Å². The predicted molar refractivity (Wildman–Crippen MR) is 86.0 cm³/mol. The van der Waals surface area contributed by atoms with Crippen LogP contribution < -0.4 is 0 Å². The molecule has 0 bridgehead atoms. The number of rotatable bonds is 2. The molecule has 21 heavy (non-hydrogen) atoms. The molecule has 2 aromatic carbocycles. The average Bonchev–Trinajstić information content (AvgIpc) is 2.46. The monoisotopic (exact) mass is 294 g/mol. The Balaban J connectivity index is 0.000000677. The third-order valence-corrected chi connectivity index (χ3v) is 3.69. The number of benzene rings is 2. The Bertz CT molecular complexity index is 654. The summed E-state index contributed by atoms with van der Waals surface area (Å²) < 4.78 is 8.59. The standard InChI is InChI=1S/C16H15O.Li.HO2P/c1-11-12(2)15(10-17)9-16(13(11)3)14-7-5-4-6-8-14;;1-3-2/h4-9H,1-3H3;;(H,1,2). The van der Waals surface area contributed by atoms with E-state index in [4.69, 9.17) is 9.46 Å². The van der Waals surface area contributed by atoms with Crippen LogP contribution in [0.4, 0.5) is 0 Å². The zero-order valence-electron chi connectivity index (χ0n) is 12.7. The quantitative estimate of drug-likeness (QED) is 0.677. The first-order chi connectivity index (χ1) is 9.93. The van der Waals surface area contributed by atoms with Crippen LogP contribution in [0.5, 0.6) is 0 Å². The Labute approximate surface area is 135 Å². The second-order valence-electron chi connectivity index (χ2n) is 4.85. The topological polar surface area (TPSA) is 54.4 Å². The fourth-order valence-electron chi connectivity index (χ4n) is 2.33. The van der Waals surface area contributed by atoms with Gasteiger partial charge in [0.05, 0.1) is 0 Å². The normalized spacial score (nSPS) is 10.0. The van der Waals surface area contributed by atoms with Crippen LogP contribution in [0.1, 0.15) is 27.0 Å². The summed E-state index contributed by atoms with van der Waals surface area (Å²) in [5.74, 6) is 0. The molecule has 0 aliphatic rings. The van der Waals surface area contributed by atoms with Gasteiger partial charge >= 0.3 is 126 Å². The molecule has 0 radical (unpaired) electrons. The van der Waals surface area contributed by atoms with Gasteiger partial charge in [-0.1, -0.05) is 0 Å². The van der Waals surface area contributed by atoms with Gasteiger partial charge in [0.25, 0.3) is 0 Å². The molecule has 0 spiro atoms. The van der Waals surface area contributed by atoms with E-state index >= 15 is 0 Å². The van der Waals surface area contributed by atoms with Crippen molar-refractivity contribution in [2.45, 2.75) is 20.8 Å². The molecule has 0 aliphatic heterocycles. The predicted octanol–water partition coefficient (Wildman–Crippen LogP) is 3.77. The summed E-state index contributed by atoms with van der Waals surface area (Å²) in [5.41, 5.74) is 6.71. The van der Waals surface area contributed by atoms with E-state index in [1.54, 1.807) is 17.7 Å². The fourth-order valence-corrected chi connectivity index (χ4v) is 2.33. The Kier molecular flexibility index (Phi) is 7.02. The van der Waals surface area contributed by atoms with Gasteiger partial charge in [-0.05, 0) is 0 Å². The summed E-state index contributed by atoms with van der Waals surface area (Å²) in [6.45, 7) is 6.23. The molecule has 0 amide bonds. The third-order valence-electron chi connectivity index (χ3n) is 3.69. The molecule has 0 atom stereocenters. The molecule has 2 aromatic rings. The minimum absolute atomic E-state index is 0.132. The summed E-state index contributed by atoms with van der Waals surface area (Å²) in [6, 6.07) is 12.2. The second-order valence-corrected chi connectivity index (χ2v) is 5.01. The van der Waals surface area contributed by atoms with Crippen molar-refractivity contribution in [3.05, 3.63) is 58.7 Å². The molecule has 0 saturated heterocycles. The summed E-state index contributed by atoms with van der Waals surface area (Å²) in [5, 5.41) is 0. The SMILES string of the molecule is O=PO.[Li][C](=O)c1cc(-c2ccccc2)c(C)c(C)c1C. The van der Waals surface area contributed by atoms with Gasteiger partial charge in [-0.25, -0.2) is 4.57 Å². The molecule has 1 N–H and O–H groups in total. The minimum atomic E-state index is -0.833. The fraction of sp³-hybridized carbons (Fsp3) is 0.188. The zero-order valence-corrected chi connectivity index (χ0v) is 13.6. The molecule has 0 aromatic heterocycles. The molecular formula is C16H16LiO3P. The Morgan fingerprint density at radius 2 is 1.57 bits per heavy atom. The number of carbonyl (C=O) groups is 1.